The second kappa shape index (κ2) is 7.85. The van der Waals surface area contributed by atoms with Crippen LogP contribution < -0.4 is 0 Å². The average molecular weight is 294 g/mol. The lowest BCUT2D eigenvalue weighted by Gasteiger charge is -2.15. The number of carbonyl (C=O) groups excluding carboxylic acids is 3. The van der Waals surface area contributed by atoms with Gasteiger partial charge in [-0.25, -0.2) is 0 Å². The van der Waals surface area contributed by atoms with Crippen LogP contribution in [0.2, 0.25) is 0 Å². The predicted octanol–water partition coefficient (Wildman–Crippen LogP) is 2.86. The summed E-state index contributed by atoms with van der Waals surface area (Å²) in [5.74, 6) is -0.700. The van der Waals surface area contributed by atoms with Gasteiger partial charge < -0.3 is 4.74 Å². The molecule has 0 radical (unpaired) electrons. The Hall–Kier alpha value is -1.62. The first-order chi connectivity index (χ1) is 9.40. The van der Waals surface area contributed by atoms with Gasteiger partial charge in [0.1, 0.15) is 5.25 Å². The molecule has 1 aromatic carbocycles. The van der Waals surface area contributed by atoms with Gasteiger partial charge in [0.05, 0.1) is 6.10 Å². The minimum absolute atomic E-state index is 0.0419. The second-order valence-electron chi connectivity index (χ2n) is 4.58. The number of ether oxygens (including phenoxy) is 1. The number of rotatable bonds is 6. The van der Waals surface area contributed by atoms with Crippen molar-refractivity contribution < 1.29 is 19.1 Å². The molecule has 1 rings (SSSR count). The summed E-state index contributed by atoms with van der Waals surface area (Å²) < 4.78 is 5.09. The number of benzene rings is 1. The molecule has 1 unspecified atom stereocenters. The summed E-state index contributed by atoms with van der Waals surface area (Å²) in [4.78, 5) is 35.2. The van der Waals surface area contributed by atoms with Gasteiger partial charge in [-0.15, -0.1) is 0 Å². The quantitative estimate of drug-likeness (QED) is 0.596. The Morgan fingerprint density at radius 1 is 1.15 bits per heavy atom. The van der Waals surface area contributed by atoms with Crippen LogP contribution in [0, 0.1) is 0 Å². The van der Waals surface area contributed by atoms with Crippen molar-refractivity contribution in [2.24, 2.45) is 0 Å². The van der Waals surface area contributed by atoms with Crippen molar-refractivity contribution in [3.63, 3.8) is 0 Å². The van der Waals surface area contributed by atoms with Crippen molar-refractivity contribution in [2.75, 3.05) is 0 Å². The molecule has 0 amide bonds. The molecule has 0 bridgehead atoms. The monoisotopic (exact) mass is 294 g/mol. The third-order valence-corrected chi connectivity index (χ3v) is 3.37. The lowest BCUT2D eigenvalue weighted by molar-refractivity contribution is -0.146. The molecule has 108 valence electrons. The topological polar surface area (TPSA) is 60.4 Å². The van der Waals surface area contributed by atoms with Crippen molar-refractivity contribution in [1.82, 2.24) is 0 Å². The van der Waals surface area contributed by atoms with Crippen LogP contribution in [0.4, 0.5) is 0 Å². The maximum Gasteiger partial charge on any atom is 0.320 e. The lowest BCUT2D eigenvalue weighted by atomic mass is 10.1. The highest BCUT2D eigenvalue weighted by Gasteiger charge is 2.26. The average Bonchev–Trinajstić information content (AvgIpc) is 2.37. The van der Waals surface area contributed by atoms with E-state index in [1.165, 1.54) is 6.92 Å². The van der Waals surface area contributed by atoms with E-state index in [2.05, 4.69) is 0 Å². The zero-order valence-corrected chi connectivity index (χ0v) is 12.6. The highest BCUT2D eigenvalue weighted by molar-refractivity contribution is 8.14. The standard InChI is InChI=1S/C15H18O4S/c1-10(2)19-15(18)14(20-11(3)16)9-13(17)12-7-5-4-6-8-12/h4-8,10,14H,9H2,1-3H3. The Morgan fingerprint density at radius 3 is 2.25 bits per heavy atom. The summed E-state index contributed by atoms with van der Waals surface area (Å²) in [6, 6.07) is 8.70. The van der Waals surface area contributed by atoms with Crippen molar-refractivity contribution in [1.29, 1.82) is 0 Å². The van der Waals surface area contributed by atoms with Crippen molar-refractivity contribution >= 4 is 28.6 Å². The molecule has 4 nitrogen and oxygen atoms in total. The van der Waals surface area contributed by atoms with Crippen molar-refractivity contribution in [3.05, 3.63) is 35.9 Å². The summed E-state index contributed by atoms with van der Waals surface area (Å²) in [6.45, 7) is 4.83. The minimum Gasteiger partial charge on any atom is -0.462 e. The molecule has 0 aromatic heterocycles. The number of Topliss-reactive ketones (excluding diaryl/α,β-unsaturated/α-hetero) is 1. The van der Waals surface area contributed by atoms with E-state index >= 15 is 0 Å². The van der Waals surface area contributed by atoms with Crippen LogP contribution in [0.1, 0.15) is 37.6 Å². The van der Waals surface area contributed by atoms with E-state index in [4.69, 9.17) is 4.74 Å². The van der Waals surface area contributed by atoms with Gasteiger partial charge in [0.25, 0.3) is 0 Å². The number of hydrogen-bond acceptors (Lipinski definition) is 5. The molecule has 0 N–H and O–H groups in total. The normalized spacial score (nSPS) is 12.0. The van der Waals surface area contributed by atoms with E-state index in [-0.39, 0.29) is 23.4 Å². The van der Waals surface area contributed by atoms with E-state index in [9.17, 15) is 14.4 Å². The predicted molar refractivity (Wildman–Crippen MR) is 78.7 cm³/mol. The highest BCUT2D eigenvalue weighted by atomic mass is 32.2. The van der Waals surface area contributed by atoms with Crippen LogP contribution in [-0.4, -0.2) is 28.2 Å². The van der Waals surface area contributed by atoms with E-state index < -0.39 is 11.2 Å². The fraction of sp³-hybridized carbons (Fsp3) is 0.400. The summed E-state index contributed by atoms with van der Waals surface area (Å²) in [7, 11) is 0. The van der Waals surface area contributed by atoms with Gasteiger partial charge in [-0.1, -0.05) is 42.1 Å². The molecule has 0 heterocycles. The second-order valence-corrected chi connectivity index (χ2v) is 5.96. The van der Waals surface area contributed by atoms with Crippen LogP contribution in [0.3, 0.4) is 0 Å². The molecule has 0 saturated carbocycles. The van der Waals surface area contributed by atoms with Crippen LogP contribution in [0.25, 0.3) is 0 Å². The number of carbonyl (C=O) groups is 3. The molecule has 0 aliphatic carbocycles. The van der Waals surface area contributed by atoms with E-state index in [1.54, 1.807) is 38.1 Å². The fourth-order valence-electron chi connectivity index (χ4n) is 1.59. The molecule has 0 fully saturated rings. The van der Waals surface area contributed by atoms with Crippen LogP contribution in [0.15, 0.2) is 30.3 Å². The van der Waals surface area contributed by atoms with Gasteiger partial charge in [-0.05, 0) is 13.8 Å². The first kappa shape index (κ1) is 16.4. The zero-order valence-electron chi connectivity index (χ0n) is 11.8. The highest BCUT2D eigenvalue weighted by Crippen LogP contribution is 2.20. The number of esters is 1. The Labute approximate surface area is 122 Å². The van der Waals surface area contributed by atoms with Gasteiger partial charge >= 0.3 is 5.97 Å². The van der Waals surface area contributed by atoms with Gasteiger partial charge in [0.2, 0.25) is 0 Å². The van der Waals surface area contributed by atoms with E-state index in [0.29, 0.717) is 5.56 Å². The molecule has 0 aliphatic rings. The summed E-state index contributed by atoms with van der Waals surface area (Å²) in [5, 5.41) is -1.00. The summed E-state index contributed by atoms with van der Waals surface area (Å²) >= 11 is 0.838. The first-order valence-electron chi connectivity index (χ1n) is 6.36. The molecule has 0 aliphatic heterocycles. The molecular weight excluding hydrogens is 276 g/mol. The number of hydrogen-bond donors (Lipinski definition) is 0. The third-order valence-electron chi connectivity index (χ3n) is 2.39. The third kappa shape index (κ3) is 5.57. The van der Waals surface area contributed by atoms with Crippen LogP contribution >= 0.6 is 11.8 Å². The molecule has 0 spiro atoms. The van der Waals surface area contributed by atoms with Crippen LogP contribution in [-0.2, 0) is 14.3 Å². The van der Waals surface area contributed by atoms with Gasteiger partial charge in [-0.3, -0.25) is 14.4 Å². The van der Waals surface area contributed by atoms with Crippen LogP contribution in [0.5, 0.6) is 0 Å². The smallest absolute Gasteiger partial charge is 0.320 e. The zero-order chi connectivity index (χ0) is 15.1. The van der Waals surface area contributed by atoms with Gasteiger partial charge in [0, 0.05) is 18.9 Å². The largest absolute Gasteiger partial charge is 0.462 e. The molecule has 1 aromatic rings. The van der Waals surface area contributed by atoms with Gasteiger partial charge in [0.15, 0.2) is 10.9 Å². The fourth-order valence-corrected chi connectivity index (χ4v) is 2.38. The van der Waals surface area contributed by atoms with E-state index in [1.807, 2.05) is 6.07 Å². The molecule has 20 heavy (non-hydrogen) atoms. The molecule has 0 saturated heterocycles. The van der Waals surface area contributed by atoms with Crippen molar-refractivity contribution in [2.45, 2.75) is 38.5 Å². The Bertz CT molecular complexity index is 482. The number of ketones is 1. The minimum atomic E-state index is -0.789. The van der Waals surface area contributed by atoms with Crippen molar-refractivity contribution in [3.8, 4) is 0 Å². The molecular formula is C15H18O4S. The Balaban J connectivity index is 2.76. The lowest BCUT2D eigenvalue weighted by Crippen LogP contribution is -2.27. The SMILES string of the molecule is CC(=O)SC(CC(=O)c1ccccc1)C(=O)OC(C)C. The number of thioether (sulfide) groups is 1. The first-order valence-corrected chi connectivity index (χ1v) is 7.24. The maximum atomic E-state index is 12.1. The maximum absolute atomic E-state index is 12.1. The van der Waals surface area contributed by atoms with Gasteiger partial charge in [-0.2, -0.15) is 0 Å². The summed E-state index contributed by atoms with van der Waals surface area (Å²) in [6.07, 6.45) is -0.316. The molecule has 1 atom stereocenters. The molecule has 5 heteroatoms. The Morgan fingerprint density at radius 2 is 1.75 bits per heavy atom. The Kier molecular flexibility index (Phi) is 6.45. The summed E-state index contributed by atoms with van der Waals surface area (Å²) in [5.41, 5.74) is 0.527. The van der Waals surface area contributed by atoms with E-state index in [0.717, 1.165) is 11.8 Å².